The third-order valence-corrected chi connectivity index (χ3v) is 9.41. The second-order valence-corrected chi connectivity index (χ2v) is 14.4. The third kappa shape index (κ3) is 5.95. The molecule has 7 nitrogen and oxygen atoms in total. The fraction of sp³-hybridized carbons (Fsp3) is 0.655. The van der Waals surface area contributed by atoms with Crippen LogP contribution in [0.1, 0.15) is 86.0 Å². The normalized spacial score (nSPS) is 25.8. The Labute approximate surface area is 220 Å². The van der Waals surface area contributed by atoms with E-state index in [0.717, 1.165) is 18.2 Å². The van der Waals surface area contributed by atoms with Gasteiger partial charge in [0.2, 0.25) is 5.79 Å². The Hall–Kier alpha value is -2.19. The number of hydrogen-bond acceptors (Lipinski definition) is 7. The number of carbonyl (C=O) groups is 2. The predicted octanol–water partition coefficient (Wildman–Crippen LogP) is 5.36. The number of para-hydroxylation sites is 2. The second kappa shape index (κ2) is 9.84. The summed E-state index contributed by atoms with van der Waals surface area (Å²) in [6.45, 7) is 10.00. The van der Waals surface area contributed by atoms with E-state index < -0.39 is 20.9 Å². The molecule has 1 unspecified atom stereocenters. The van der Waals surface area contributed by atoms with Gasteiger partial charge in [0.1, 0.15) is 5.25 Å². The summed E-state index contributed by atoms with van der Waals surface area (Å²) in [5.41, 5.74) is 0.878. The van der Waals surface area contributed by atoms with Gasteiger partial charge in [0.05, 0.1) is 11.7 Å². The van der Waals surface area contributed by atoms with Crippen LogP contribution in [0, 0.1) is 5.41 Å². The molecule has 0 N–H and O–H groups in total. The number of carbonyl (C=O) groups excluding carboxylic acids is 2. The first-order valence-electron chi connectivity index (χ1n) is 13.2. The summed E-state index contributed by atoms with van der Waals surface area (Å²) in [5.74, 6) is 0.00637. The Kier molecular flexibility index (Phi) is 7.40. The molecular weight excluding hydrogens is 492 g/mol. The molecule has 1 heterocycles. The van der Waals surface area contributed by atoms with E-state index >= 15 is 0 Å². The van der Waals surface area contributed by atoms with Gasteiger partial charge in [0.25, 0.3) is 0 Å². The molecule has 37 heavy (non-hydrogen) atoms. The highest BCUT2D eigenvalue weighted by Gasteiger charge is 2.50. The first-order valence-corrected chi connectivity index (χ1v) is 15.2. The Bertz CT molecular complexity index is 1180. The monoisotopic (exact) mass is 532 g/mol. The van der Waals surface area contributed by atoms with E-state index in [1.54, 1.807) is 0 Å². The van der Waals surface area contributed by atoms with E-state index in [1.807, 2.05) is 52.0 Å². The SMILES string of the molecule is CC(C)(C)O[C@H]1CCC2=C(CC(C(=O)CCCC3(C)Oc4ccccc4O3)S(C)(=O)=O)C(=O)CC[C@@]21C. The van der Waals surface area contributed by atoms with Crippen LogP contribution in [0.15, 0.2) is 35.4 Å². The maximum Gasteiger partial charge on any atom is 0.248 e. The van der Waals surface area contributed by atoms with Crippen molar-refractivity contribution in [3.05, 3.63) is 35.4 Å². The minimum Gasteiger partial charge on any atom is -0.449 e. The summed E-state index contributed by atoms with van der Waals surface area (Å²) in [6.07, 6.45) is 4.42. The van der Waals surface area contributed by atoms with E-state index in [-0.39, 0.29) is 41.5 Å². The fourth-order valence-corrected chi connectivity index (χ4v) is 7.13. The zero-order valence-electron chi connectivity index (χ0n) is 22.9. The molecule has 8 heteroatoms. The lowest BCUT2D eigenvalue weighted by Crippen LogP contribution is -2.40. The molecule has 0 bridgehead atoms. The summed E-state index contributed by atoms with van der Waals surface area (Å²) in [6, 6.07) is 7.39. The zero-order chi connectivity index (χ0) is 27.2. The van der Waals surface area contributed by atoms with Crippen LogP contribution in [-0.2, 0) is 24.2 Å². The van der Waals surface area contributed by atoms with Crippen molar-refractivity contribution in [2.75, 3.05) is 6.26 Å². The van der Waals surface area contributed by atoms with E-state index in [9.17, 15) is 18.0 Å². The summed E-state index contributed by atoms with van der Waals surface area (Å²) in [4.78, 5) is 26.3. The van der Waals surface area contributed by atoms with Crippen molar-refractivity contribution in [2.45, 2.75) is 109 Å². The molecule has 0 radical (unpaired) electrons. The van der Waals surface area contributed by atoms with Gasteiger partial charge < -0.3 is 14.2 Å². The van der Waals surface area contributed by atoms with Crippen molar-refractivity contribution in [2.24, 2.45) is 5.41 Å². The van der Waals surface area contributed by atoms with Crippen LogP contribution in [0.2, 0.25) is 0 Å². The van der Waals surface area contributed by atoms with Gasteiger partial charge >= 0.3 is 0 Å². The van der Waals surface area contributed by atoms with Crippen LogP contribution in [0.4, 0.5) is 0 Å². The summed E-state index contributed by atoms with van der Waals surface area (Å²) in [5, 5.41) is -1.24. The van der Waals surface area contributed by atoms with Crippen molar-refractivity contribution in [1.29, 1.82) is 0 Å². The maximum absolute atomic E-state index is 13.3. The van der Waals surface area contributed by atoms with E-state index in [4.69, 9.17) is 14.2 Å². The highest BCUT2D eigenvalue weighted by atomic mass is 32.2. The number of Topliss-reactive ketones (excluding diaryl/α,β-unsaturated/α-hetero) is 2. The van der Waals surface area contributed by atoms with Crippen molar-refractivity contribution < 1.29 is 32.2 Å². The van der Waals surface area contributed by atoms with Gasteiger partial charge in [-0.2, -0.15) is 0 Å². The molecule has 3 atom stereocenters. The Morgan fingerprint density at radius 3 is 2.32 bits per heavy atom. The molecule has 1 fully saturated rings. The van der Waals surface area contributed by atoms with Crippen LogP contribution < -0.4 is 9.47 Å². The van der Waals surface area contributed by atoms with Crippen LogP contribution in [0.5, 0.6) is 11.5 Å². The Morgan fingerprint density at radius 1 is 1.14 bits per heavy atom. The predicted molar refractivity (Wildman–Crippen MR) is 141 cm³/mol. The van der Waals surface area contributed by atoms with Gasteiger partial charge in [-0.1, -0.05) is 24.6 Å². The molecule has 1 aromatic carbocycles. The molecule has 0 aromatic heterocycles. The van der Waals surface area contributed by atoms with Gasteiger partial charge in [-0.3, -0.25) is 9.59 Å². The smallest absolute Gasteiger partial charge is 0.248 e. The lowest BCUT2D eigenvalue weighted by molar-refractivity contribution is -0.120. The zero-order valence-corrected chi connectivity index (χ0v) is 23.7. The van der Waals surface area contributed by atoms with Gasteiger partial charge in [0.15, 0.2) is 32.9 Å². The highest BCUT2D eigenvalue weighted by Crippen LogP contribution is 2.53. The molecule has 4 rings (SSSR count). The fourth-order valence-electron chi connectivity index (χ4n) is 6.07. The number of rotatable bonds is 9. The summed E-state index contributed by atoms with van der Waals surface area (Å²) >= 11 is 0. The van der Waals surface area contributed by atoms with Gasteiger partial charge in [-0.05, 0) is 70.6 Å². The van der Waals surface area contributed by atoms with Crippen molar-refractivity contribution in [3.63, 3.8) is 0 Å². The lowest BCUT2D eigenvalue weighted by atomic mass is 9.70. The first kappa shape index (κ1) is 27.8. The molecule has 0 spiro atoms. The topological polar surface area (TPSA) is 96.0 Å². The van der Waals surface area contributed by atoms with E-state index in [2.05, 4.69) is 6.92 Å². The van der Waals surface area contributed by atoms with E-state index in [1.165, 1.54) is 0 Å². The average molecular weight is 533 g/mol. The van der Waals surface area contributed by atoms with Crippen LogP contribution in [-0.4, -0.2) is 49.0 Å². The molecule has 1 aromatic rings. The lowest BCUT2D eigenvalue weighted by Gasteiger charge is -2.40. The number of ketones is 2. The minimum atomic E-state index is -3.72. The molecule has 1 saturated carbocycles. The van der Waals surface area contributed by atoms with Crippen molar-refractivity contribution >= 4 is 21.4 Å². The van der Waals surface area contributed by atoms with Crippen molar-refractivity contribution in [3.8, 4) is 11.5 Å². The van der Waals surface area contributed by atoms with Crippen LogP contribution in [0.25, 0.3) is 0 Å². The van der Waals surface area contributed by atoms with Gasteiger partial charge in [0, 0.05) is 37.9 Å². The molecule has 0 amide bonds. The Morgan fingerprint density at radius 2 is 1.76 bits per heavy atom. The van der Waals surface area contributed by atoms with Crippen LogP contribution >= 0.6 is 0 Å². The maximum atomic E-state index is 13.3. The second-order valence-electron chi connectivity index (χ2n) is 12.2. The molecule has 204 valence electrons. The largest absolute Gasteiger partial charge is 0.449 e. The van der Waals surface area contributed by atoms with Gasteiger partial charge in [-0.15, -0.1) is 0 Å². The molecule has 2 aliphatic carbocycles. The number of fused-ring (bicyclic) bond motifs is 2. The molecule has 0 saturated heterocycles. The minimum absolute atomic E-state index is 0.0331. The summed E-state index contributed by atoms with van der Waals surface area (Å²) < 4.78 is 43.8. The standard InChI is InChI=1S/C29H40O7S/c1-27(2,3)36-26-14-13-20-19(21(30)15-17-28(20,26)4)18-25(37(6,32)33)22(31)10-9-16-29(5)34-23-11-7-8-12-24(23)35-29/h7-8,11-12,25-26H,9-10,13-18H2,1-6H3/t25?,26-,28-/m0/s1. The molecule has 1 aliphatic heterocycles. The van der Waals surface area contributed by atoms with Gasteiger partial charge in [-0.25, -0.2) is 8.42 Å². The van der Waals surface area contributed by atoms with Crippen LogP contribution in [0.3, 0.4) is 0 Å². The quantitative estimate of drug-likeness (QED) is 0.422. The highest BCUT2D eigenvalue weighted by molar-refractivity contribution is 7.92. The average Bonchev–Trinajstić information content (AvgIpc) is 3.28. The number of sulfone groups is 1. The first-order chi connectivity index (χ1) is 17.1. The Balaban J connectivity index is 1.47. The number of ether oxygens (including phenoxy) is 3. The third-order valence-electron chi connectivity index (χ3n) is 7.95. The van der Waals surface area contributed by atoms with Crippen molar-refractivity contribution in [1.82, 2.24) is 0 Å². The number of hydrogen-bond donors (Lipinski definition) is 0. The number of allylic oxidation sites excluding steroid dienone is 1. The molecule has 3 aliphatic rings. The number of benzene rings is 1. The molecular formula is C29H40O7S. The summed E-state index contributed by atoms with van der Waals surface area (Å²) in [7, 11) is -3.72. The van der Waals surface area contributed by atoms with E-state index in [0.29, 0.717) is 49.2 Å².